The van der Waals surface area contributed by atoms with Crippen molar-refractivity contribution < 1.29 is 9.69 Å². The van der Waals surface area contributed by atoms with Crippen LogP contribution in [0.25, 0.3) is 0 Å². The van der Waals surface area contributed by atoms with Crippen LogP contribution in [0.4, 0.5) is 0 Å². The van der Waals surface area contributed by atoms with Crippen molar-refractivity contribution in [3.05, 3.63) is 0 Å². The molecule has 0 spiro atoms. The second-order valence-electron chi connectivity index (χ2n) is 8.70. The fourth-order valence-electron chi connectivity index (χ4n) is 3.80. The van der Waals surface area contributed by atoms with Crippen molar-refractivity contribution in [3.63, 3.8) is 0 Å². The molecule has 0 rings (SSSR count). The van der Waals surface area contributed by atoms with Crippen LogP contribution in [0.5, 0.6) is 0 Å². The number of nitrogens with one attached hydrogen (secondary N) is 2. The van der Waals surface area contributed by atoms with Crippen molar-refractivity contribution in [1.82, 2.24) is 5.32 Å². The minimum Gasteiger partial charge on any atom is -0.356 e. The second-order valence-corrected chi connectivity index (χ2v) is 8.70. The van der Waals surface area contributed by atoms with Crippen LogP contribution in [0.1, 0.15) is 130 Å². The van der Waals surface area contributed by atoms with Crippen molar-refractivity contribution in [2.45, 2.75) is 130 Å². The first-order chi connectivity index (χ1) is 13.7. The van der Waals surface area contributed by atoms with Gasteiger partial charge in [0, 0.05) is 6.54 Å². The summed E-state index contributed by atoms with van der Waals surface area (Å²) in [6.07, 6.45) is 22.2. The average Bonchev–Trinajstić information content (AvgIpc) is 2.70. The van der Waals surface area contributed by atoms with Gasteiger partial charge in [-0.3, -0.25) is 4.79 Å². The fourth-order valence-corrected chi connectivity index (χ4v) is 3.80. The molecule has 0 aromatic rings. The predicted octanol–water partition coefficient (Wildman–Crippen LogP) is 5.68. The summed E-state index contributed by atoms with van der Waals surface area (Å²) in [6, 6.07) is 0. The smallest absolute Gasteiger partial charge is 0.225 e. The van der Waals surface area contributed by atoms with E-state index in [9.17, 15) is 4.79 Å². The van der Waals surface area contributed by atoms with Crippen LogP contribution in [-0.2, 0) is 4.79 Å². The van der Waals surface area contributed by atoms with E-state index in [4.69, 9.17) is 0 Å². The molecule has 0 aliphatic carbocycles. The number of carbonyl (C=O) groups excluding carboxylic acids is 1. The van der Waals surface area contributed by atoms with Gasteiger partial charge in [0.1, 0.15) is 0 Å². The maximum absolute atomic E-state index is 12.1. The molecule has 28 heavy (non-hydrogen) atoms. The van der Waals surface area contributed by atoms with E-state index in [1.807, 2.05) is 0 Å². The maximum atomic E-state index is 12.1. The monoisotopic (exact) mass is 397 g/mol. The normalized spacial score (nSPS) is 11.3. The van der Waals surface area contributed by atoms with Crippen molar-refractivity contribution in [3.8, 4) is 0 Å². The van der Waals surface area contributed by atoms with Gasteiger partial charge in [0.25, 0.3) is 0 Å². The van der Waals surface area contributed by atoms with Crippen LogP contribution in [0.15, 0.2) is 0 Å². The molecule has 0 aromatic heterocycles. The van der Waals surface area contributed by atoms with Crippen molar-refractivity contribution in [1.29, 1.82) is 0 Å². The highest BCUT2D eigenvalue weighted by molar-refractivity contribution is 5.75. The molecule has 0 bridgehead atoms. The van der Waals surface area contributed by atoms with E-state index < -0.39 is 0 Å². The standard InChI is InChI=1S/C25H52N2O/c1-4-7-10-11-12-13-14-15-16-17-18-19-21-26-25(28)20-24-27(22-8-5-2)23-9-6-3/h4-24H2,1-3H3,(H,26,28)/p+1. The summed E-state index contributed by atoms with van der Waals surface area (Å²) in [4.78, 5) is 13.7. The highest BCUT2D eigenvalue weighted by Gasteiger charge is 2.10. The van der Waals surface area contributed by atoms with Crippen molar-refractivity contribution in [2.24, 2.45) is 0 Å². The molecule has 0 aliphatic rings. The zero-order chi connectivity index (χ0) is 20.7. The molecule has 0 aliphatic heterocycles. The number of carbonyl (C=O) groups is 1. The van der Waals surface area contributed by atoms with Crippen LogP contribution in [0, 0.1) is 0 Å². The van der Waals surface area contributed by atoms with Crippen molar-refractivity contribution >= 4 is 5.91 Å². The van der Waals surface area contributed by atoms with Crippen LogP contribution in [0.3, 0.4) is 0 Å². The summed E-state index contributed by atoms with van der Waals surface area (Å²) in [5.41, 5.74) is 0. The number of quaternary nitrogens is 1. The number of hydrogen-bond donors (Lipinski definition) is 2. The molecule has 3 nitrogen and oxygen atoms in total. The molecule has 0 heterocycles. The third kappa shape index (κ3) is 20.2. The van der Waals surface area contributed by atoms with E-state index in [1.165, 1.54) is 109 Å². The van der Waals surface area contributed by atoms with Crippen molar-refractivity contribution in [2.75, 3.05) is 26.2 Å². The number of hydrogen-bond acceptors (Lipinski definition) is 1. The topological polar surface area (TPSA) is 33.5 Å². The molecule has 0 saturated heterocycles. The van der Waals surface area contributed by atoms with Gasteiger partial charge in [0.05, 0.1) is 26.1 Å². The largest absolute Gasteiger partial charge is 0.356 e. The highest BCUT2D eigenvalue weighted by Crippen LogP contribution is 2.11. The van der Waals surface area contributed by atoms with Gasteiger partial charge in [0.15, 0.2) is 0 Å². The molecule has 0 unspecified atom stereocenters. The summed E-state index contributed by atoms with van der Waals surface area (Å²) < 4.78 is 0. The first kappa shape index (κ1) is 27.4. The minimum absolute atomic E-state index is 0.258. The molecular formula is C25H53N2O+. The van der Waals surface area contributed by atoms with Gasteiger partial charge < -0.3 is 10.2 Å². The Kier molecular flexibility index (Phi) is 22.3. The maximum Gasteiger partial charge on any atom is 0.225 e. The van der Waals surface area contributed by atoms with Crippen LogP contribution < -0.4 is 10.2 Å². The molecule has 168 valence electrons. The Labute approximate surface area is 177 Å². The van der Waals surface area contributed by atoms with Crippen LogP contribution in [0.2, 0.25) is 0 Å². The van der Waals surface area contributed by atoms with E-state index in [1.54, 1.807) is 4.90 Å². The Morgan fingerprint density at radius 3 is 1.46 bits per heavy atom. The third-order valence-corrected chi connectivity index (χ3v) is 5.83. The van der Waals surface area contributed by atoms with Crippen LogP contribution in [-0.4, -0.2) is 32.1 Å². The lowest BCUT2D eigenvalue weighted by Gasteiger charge is -2.18. The van der Waals surface area contributed by atoms with E-state index >= 15 is 0 Å². The summed E-state index contributed by atoms with van der Waals surface area (Å²) in [7, 11) is 0. The highest BCUT2D eigenvalue weighted by atomic mass is 16.1. The van der Waals surface area contributed by atoms with Gasteiger partial charge in [-0.25, -0.2) is 0 Å². The van der Waals surface area contributed by atoms with Gasteiger partial charge in [-0.2, -0.15) is 0 Å². The molecule has 1 amide bonds. The quantitative estimate of drug-likeness (QED) is 0.226. The van der Waals surface area contributed by atoms with E-state index in [-0.39, 0.29) is 5.91 Å². The second kappa shape index (κ2) is 22.7. The summed E-state index contributed by atoms with van der Waals surface area (Å²) in [6.45, 7) is 11.1. The zero-order valence-electron chi connectivity index (χ0n) is 19.8. The summed E-state index contributed by atoms with van der Waals surface area (Å²) in [5.74, 6) is 0.258. The molecule has 0 fully saturated rings. The van der Waals surface area contributed by atoms with E-state index in [2.05, 4.69) is 26.1 Å². The molecule has 2 N–H and O–H groups in total. The first-order valence-corrected chi connectivity index (χ1v) is 12.8. The minimum atomic E-state index is 0.258. The van der Waals surface area contributed by atoms with Gasteiger partial charge in [-0.15, -0.1) is 0 Å². The molecular weight excluding hydrogens is 344 g/mol. The molecule has 0 aromatic carbocycles. The average molecular weight is 398 g/mol. The molecule has 0 atom stereocenters. The molecule has 0 radical (unpaired) electrons. The number of amides is 1. The lowest BCUT2D eigenvalue weighted by atomic mass is 10.1. The van der Waals surface area contributed by atoms with Gasteiger partial charge in [-0.1, -0.05) is 104 Å². The van der Waals surface area contributed by atoms with Gasteiger partial charge >= 0.3 is 0 Å². The predicted molar refractivity (Wildman–Crippen MR) is 124 cm³/mol. The van der Waals surface area contributed by atoms with Gasteiger partial charge in [-0.05, 0) is 19.3 Å². The number of rotatable bonds is 22. The lowest BCUT2D eigenvalue weighted by Crippen LogP contribution is -3.12. The molecule has 3 heteroatoms. The Hall–Kier alpha value is -0.570. The van der Waals surface area contributed by atoms with Crippen LogP contribution >= 0.6 is 0 Å². The fraction of sp³-hybridized carbons (Fsp3) is 0.960. The van der Waals surface area contributed by atoms with Gasteiger partial charge in [0.2, 0.25) is 5.91 Å². The Morgan fingerprint density at radius 2 is 1.00 bits per heavy atom. The Morgan fingerprint density at radius 1 is 0.571 bits per heavy atom. The zero-order valence-corrected chi connectivity index (χ0v) is 19.8. The van der Waals surface area contributed by atoms with E-state index in [0.29, 0.717) is 6.42 Å². The Bertz CT molecular complexity index is 312. The number of unbranched alkanes of at least 4 members (excludes halogenated alkanes) is 13. The summed E-state index contributed by atoms with van der Waals surface area (Å²) in [5, 5.41) is 3.13. The first-order valence-electron chi connectivity index (χ1n) is 12.8. The van der Waals surface area contributed by atoms with E-state index in [0.717, 1.165) is 19.5 Å². The lowest BCUT2D eigenvalue weighted by molar-refractivity contribution is -0.900. The summed E-state index contributed by atoms with van der Waals surface area (Å²) >= 11 is 0. The third-order valence-electron chi connectivity index (χ3n) is 5.83. The SMILES string of the molecule is CCCCCCCCCCCCCCNC(=O)CC[NH+](CCCC)CCCC. The molecule has 0 saturated carbocycles. The Balaban J connectivity index is 3.43.